The lowest BCUT2D eigenvalue weighted by Gasteiger charge is -2.34. The molecule has 0 aromatic heterocycles. The maximum absolute atomic E-state index is 13.0. The Labute approximate surface area is 237 Å². The first-order valence-corrected chi connectivity index (χ1v) is 13.2. The van der Waals surface area contributed by atoms with Crippen LogP contribution in [-0.2, 0) is 14.9 Å². The van der Waals surface area contributed by atoms with Gasteiger partial charge in [-0.05, 0) is 79.8 Å². The molecular weight excluding hydrogens is 546 g/mol. The van der Waals surface area contributed by atoms with E-state index in [1.54, 1.807) is 19.1 Å². The Morgan fingerprint density at radius 1 is 0.829 bits per heavy atom. The number of carbonyl (C=O) groups excluding carboxylic acids is 1. The molecular formula is C32H34F6O3. The van der Waals surface area contributed by atoms with Crippen molar-refractivity contribution >= 4 is 5.97 Å². The second kappa shape index (κ2) is 13.5. The number of benzene rings is 2. The Balaban J connectivity index is 2.38. The van der Waals surface area contributed by atoms with E-state index in [2.05, 4.69) is 16.6 Å². The predicted octanol–water partition coefficient (Wildman–Crippen LogP) is 7.70. The van der Waals surface area contributed by atoms with Gasteiger partial charge in [-0.15, -0.1) is 0 Å². The van der Waals surface area contributed by atoms with Crippen molar-refractivity contribution in [1.29, 1.82) is 0 Å². The highest BCUT2D eigenvalue weighted by atomic mass is 19.4. The van der Waals surface area contributed by atoms with Gasteiger partial charge >= 0.3 is 23.9 Å². The minimum absolute atomic E-state index is 0.0461. The number of halogens is 6. The summed E-state index contributed by atoms with van der Waals surface area (Å²) in [5.41, 5.74) is -1.58. The lowest BCUT2D eigenvalue weighted by Crippen LogP contribution is -2.55. The first-order valence-electron chi connectivity index (χ1n) is 13.2. The Kier molecular flexibility index (Phi) is 11.1. The first kappa shape index (κ1) is 33.8. The molecule has 2 rings (SSSR count). The molecule has 0 saturated carbocycles. The number of aliphatic hydroxyl groups is 1. The van der Waals surface area contributed by atoms with Gasteiger partial charge < -0.3 is 9.84 Å². The summed E-state index contributed by atoms with van der Waals surface area (Å²) in [5, 5.41) is 9.36. The molecule has 0 amide bonds. The van der Waals surface area contributed by atoms with Gasteiger partial charge in [-0.25, -0.2) is 0 Å². The molecule has 0 saturated heterocycles. The third-order valence-corrected chi connectivity index (χ3v) is 7.35. The fourth-order valence-corrected chi connectivity index (χ4v) is 4.64. The van der Waals surface area contributed by atoms with Crippen LogP contribution in [0.25, 0.3) is 0 Å². The van der Waals surface area contributed by atoms with Crippen LogP contribution in [0.2, 0.25) is 0 Å². The molecule has 222 valence electrons. The summed E-state index contributed by atoms with van der Waals surface area (Å²) in [6.45, 7) is 7.53. The average Bonchev–Trinajstić information content (AvgIpc) is 2.90. The van der Waals surface area contributed by atoms with Crippen LogP contribution in [0.5, 0.6) is 0 Å². The monoisotopic (exact) mass is 580 g/mol. The number of alkyl halides is 6. The number of ether oxygens (including phenoxy) is 1. The summed E-state index contributed by atoms with van der Waals surface area (Å²) in [7, 11) is 1.36. The van der Waals surface area contributed by atoms with E-state index in [4.69, 9.17) is 0 Å². The zero-order valence-electron chi connectivity index (χ0n) is 23.7. The minimum atomic E-state index is -6.01. The molecule has 0 heterocycles. The van der Waals surface area contributed by atoms with E-state index in [9.17, 15) is 36.2 Å². The fraction of sp³-hybridized carbons (Fsp3) is 0.469. The van der Waals surface area contributed by atoms with Crippen LogP contribution >= 0.6 is 0 Å². The van der Waals surface area contributed by atoms with Crippen molar-refractivity contribution in [3.63, 3.8) is 0 Å². The van der Waals surface area contributed by atoms with Gasteiger partial charge in [0, 0.05) is 29.4 Å². The molecule has 2 aromatic carbocycles. The molecule has 0 radical (unpaired) electrons. The first-order chi connectivity index (χ1) is 19.1. The quantitative estimate of drug-likeness (QED) is 0.151. The number of rotatable bonds is 8. The molecule has 3 nitrogen and oxygen atoms in total. The van der Waals surface area contributed by atoms with E-state index in [0.29, 0.717) is 37.7 Å². The average molecular weight is 581 g/mol. The number of hydrogen-bond donors (Lipinski definition) is 1. The largest absolute Gasteiger partial charge is 0.469 e. The lowest BCUT2D eigenvalue weighted by atomic mass is 9.69. The molecule has 2 aromatic rings. The van der Waals surface area contributed by atoms with Gasteiger partial charge in [-0.1, -0.05) is 55.9 Å². The van der Waals surface area contributed by atoms with Gasteiger partial charge in [0.15, 0.2) is 0 Å². The second-order valence-corrected chi connectivity index (χ2v) is 9.89. The molecule has 0 unspecified atom stereocenters. The molecule has 0 spiro atoms. The Bertz CT molecular complexity index is 1330. The van der Waals surface area contributed by atoms with Crippen molar-refractivity contribution in [2.75, 3.05) is 7.11 Å². The molecule has 0 aliphatic heterocycles. The van der Waals surface area contributed by atoms with Crippen LogP contribution in [0.15, 0.2) is 36.4 Å². The second-order valence-electron chi connectivity index (χ2n) is 9.89. The summed E-state index contributed by atoms with van der Waals surface area (Å²) >= 11 is 0. The van der Waals surface area contributed by atoms with Crippen LogP contribution < -0.4 is 0 Å². The minimum Gasteiger partial charge on any atom is -0.469 e. The molecule has 0 atom stereocenters. The number of esters is 1. The topological polar surface area (TPSA) is 46.5 Å². The highest BCUT2D eigenvalue weighted by Crippen LogP contribution is 2.43. The van der Waals surface area contributed by atoms with Crippen molar-refractivity contribution in [3.05, 3.63) is 69.8 Å². The maximum Gasteiger partial charge on any atom is 0.438 e. The van der Waals surface area contributed by atoms with Gasteiger partial charge in [0.2, 0.25) is 0 Å². The number of methoxy groups -OCH3 is 1. The third-order valence-electron chi connectivity index (χ3n) is 7.35. The molecule has 1 N–H and O–H groups in total. The van der Waals surface area contributed by atoms with Gasteiger partial charge in [0.25, 0.3) is 0 Å². The molecule has 0 aliphatic rings. The van der Waals surface area contributed by atoms with Crippen LogP contribution in [0.3, 0.4) is 0 Å². The Hall–Kier alpha value is -3.43. The zero-order valence-corrected chi connectivity index (χ0v) is 23.7. The van der Waals surface area contributed by atoms with E-state index in [1.807, 2.05) is 44.9 Å². The molecule has 0 fully saturated rings. The summed E-state index contributed by atoms with van der Waals surface area (Å²) in [6.07, 6.45) is -8.18. The van der Waals surface area contributed by atoms with Gasteiger partial charge in [0.1, 0.15) is 0 Å². The van der Waals surface area contributed by atoms with Crippen molar-refractivity contribution in [2.24, 2.45) is 0 Å². The predicted molar refractivity (Wildman–Crippen MR) is 145 cm³/mol. The fourth-order valence-electron chi connectivity index (χ4n) is 4.64. The number of aryl methyl sites for hydroxylation is 2. The summed E-state index contributed by atoms with van der Waals surface area (Å²) in [5.74, 6) is 8.98. The van der Waals surface area contributed by atoms with Gasteiger partial charge in [-0.2, -0.15) is 26.3 Å². The maximum atomic E-state index is 13.0. The SMILES string of the molecule is CCC(CC)(c1ccc(C#CCCCCC(=O)OC)c(C)c1)c1ccc(C#CC(O)(C(F)(F)F)C(F)(F)F)c(C)c1. The van der Waals surface area contributed by atoms with Gasteiger partial charge in [0.05, 0.1) is 7.11 Å². The highest BCUT2D eigenvalue weighted by Gasteiger charge is 2.70. The van der Waals surface area contributed by atoms with Crippen LogP contribution in [0.4, 0.5) is 26.3 Å². The van der Waals surface area contributed by atoms with Crippen molar-refractivity contribution in [2.45, 2.75) is 89.6 Å². The lowest BCUT2D eigenvalue weighted by molar-refractivity contribution is -0.343. The molecule has 0 bridgehead atoms. The molecule has 0 aliphatic carbocycles. The van der Waals surface area contributed by atoms with E-state index in [-0.39, 0.29) is 11.5 Å². The number of carbonyl (C=O) groups is 1. The van der Waals surface area contributed by atoms with Gasteiger partial charge in [-0.3, -0.25) is 4.79 Å². The molecule has 9 heteroatoms. The van der Waals surface area contributed by atoms with E-state index in [0.717, 1.165) is 34.6 Å². The number of unbranched alkanes of at least 4 members (excludes halogenated alkanes) is 2. The Morgan fingerprint density at radius 2 is 1.32 bits per heavy atom. The van der Waals surface area contributed by atoms with Crippen molar-refractivity contribution < 1.29 is 41.0 Å². The summed E-state index contributed by atoms with van der Waals surface area (Å²) in [6, 6.07) is 10.7. The van der Waals surface area contributed by atoms with Crippen LogP contribution in [0.1, 0.15) is 85.8 Å². The smallest absolute Gasteiger partial charge is 0.438 e. The highest BCUT2D eigenvalue weighted by molar-refractivity contribution is 5.69. The Morgan fingerprint density at radius 3 is 1.73 bits per heavy atom. The van der Waals surface area contributed by atoms with Crippen LogP contribution in [-0.4, -0.2) is 36.1 Å². The zero-order chi connectivity index (χ0) is 31.1. The van der Waals surface area contributed by atoms with E-state index < -0.39 is 23.4 Å². The normalized spacial score (nSPS) is 12.2. The standard InChI is InChI=1S/C32H34F6O3/c1-6-29(7-2,26-16-14-24(22(3)20-26)12-10-8-9-11-13-28(39)41-5)27-17-15-25(23(4)21-27)18-19-30(40,31(33,34)35)32(36,37)38/h14-17,20-21,40H,6-9,11,13H2,1-5H3. The summed E-state index contributed by atoms with van der Waals surface area (Å²) < 4.78 is 82.8. The van der Waals surface area contributed by atoms with Crippen molar-refractivity contribution in [3.8, 4) is 23.7 Å². The van der Waals surface area contributed by atoms with E-state index in [1.165, 1.54) is 13.2 Å². The van der Waals surface area contributed by atoms with Crippen molar-refractivity contribution in [1.82, 2.24) is 0 Å². The third kappa shape index (κ3) is 7.65. The number of hydrogen-bond acceptors (Lipinski definition) is 3. The van der Waals surface area contributed by atoms with Crippen LogP contribution in [0, 0.1) is 37.5 Å². The van der Waals surface area contributed by atoms with E-state index >= 15 is 0 Å². The molecule has 41 heavy (non-hydrogen) atoms. The summed E-state index contributed by atoms with van der Waals surface area (Å²) in [4.78, 5) is 11.2.